The van der Waals surface area contributed by atoms with Crippen LogP contribution in [-0.2, 0) is 27.0 Å². The predicted molar refractivity (Wildman–Crippen MR) is 117 cm³/mol. The molecule has 2 unspecified atom stereocenters. The topological polar surface area (TPSA) is 76.0 Å². The Hall–Kier alpha value is -2.74. The van der Waals surface area contributed by atoms with Gasteiger partial charge in [-0.15, -0.1) is 0 Å². The average molecular weight is 538 g/mol. The highest BCUT2D eigenvalue weighted by Crippen LogP contribution is 2.44. The third-order valence-electron chi connectivity index (χ3n) is 5.24. The van der Waals surface area contributed by atoms with Crippen LogP contribution in [0.5, 0.6) is 5.75 Å². The van der Waals surface area contributed by atoms with E-state index < -0.39 is 68.6 Å². The summed E-state index contributed by atoms with van der Waals surface area (Å²) in [5.41, 5.74) is -3.68. The van der Waals surface area contributed by atoms with Gasteiger partial charge in [0.1, 0.15) is 5.75 Å². The molecule has 2 atom stereocenters. The number of anilines is 1. The summed E-state index contributed by atoms with van der Waals surface area (Å²) in [6.45, 7) is -0.536. The molecular formula is C21H16F6N2O4S2. The Morgan fingerprint density at radius 3 is 2.17 bits per heavy atom. The van der Waals surface area contributed by atoms with Gasteiger partial charge in [0.2, 0.25) is 0 Å². The molecule has 0 saturated carbocycles. The number of amidine groups is 1. The minimum Gasteiger partial charge on any atom is -0.484 e. The Kier molecular flexibility index (Phi) is 6.55. The van der Waals surface area contributed by atoms with E-state index in [-0.39, 0.29) is 17.0 Å². The number of nitrogens with zero attached hydrogens (tertiary/aromatic N) is 2. The summed E-state index contributed by atoms with van der Waals surface area (Å²) in [6, 6.07) is 8.16. The fraction of sp³-hybridized carbons (Fsp3) is 0.333. The summed E-state index contributed by atoms with van der Waals surface area (Å²) in [5, 5.41) is -0.908. The summed E-state index contributed by atoms with van der Waals surface area (Å²) in [7, 11) is -3.59. The van der Waals surface area contributed by atoms with Gasteiger partial charge in [0, 0.05) is 10.9 Å². The minimum absolute atomic E-state index is 0.0226. The summed E-state index contributed by atoms with van der Waals surface area (Å²) in [4.78, 5) is 17.2. The number of benzene rings is 2. The molecule has 14 heteroatoms. The summed E-state index contributed by atoms with van der Waals surface area (Å²) in [6.07, 6.45) is -10.2. The molecule has 4 rings (SSSR count). The average Bonchev–Trinajstić information content (AvgIpc) is 3.22. The zero-order valence-electron chi connectivity index (χ0n) is 17.5. The van der Waals surface area contributed by atoms with Crippen molar-refractivity contribution in [2.24, 2.45) is 4.99 Å². The molecule has 2 aliphatic heterocycles. The highest BCUT2D eigenvalue weighted by molar-refractivity contribution is 8.16. The molecule has 6 nitrogen and oxygen atoms in total. The van der Waals surface area contributed by atoms with E-state index >= 15 is 0 Å². The number of carbonyl (C=O) groups excluding carboxylic acids is 1. The van der Waals surface area contributed by atoms with E-state index in [1.165, 1.54) is 0 Å². The largest absolute Gasteiger partial charge is 0.484 e. The first-order valence-electron chi connectivity index (χ1n) is 9.98. The van der Waals surface area contributed by atoms with Crippen LogP contribution in [0.15, 0.2) is 53.5 Å². The monoisotopic (exact) mass is 538 g/mol. The van der Waals surface area contributed by atoms with E-state index in [0.29, 0.717) is 17.9 Å². The molecule has 2 heterocycles. The minimum atomic E-state index is -5.10. The molecule has 35 heavy (non-hydrogen) atoms. The molecular weight excluding hydrogens is 522 g/mol. The van der Waals surface area contributed by atoms with Crippen molar-refractivity contribution in [3.8, 4) is 5.75 Å². The number of sulfone groups is 1. The highest BCUT2D eigenvalue weighted by atomic mass is 32.2. The van der Waals surface area contributed by atoms with Gasteiger partial charge >= 0.3 is 12.4 Å². The van der Waals surface area contributed by atoms with Crippen molar-refractivity contribution in [1.82, 2.24) is 0 Å². The van der Waals surface area contributed by atoms with Gasteiger partial charge in [-0.2, -0.15) is 31.3 Å². The van der Waals surface area contributed by atoms with Gasteiger partial charge < -0.3 is 9.64 Å². The number of para-hydroxylation sites is 1. The van der Waals surface area contributed by atoms with Crippen molar-refractivity contribution >= 4 is 38.4 Å². The van der Waals surface area contributed by atoms with Crippen molar-refractivity contribution in [2.75, 3.05) is 23.0 Å². The van der Waals surface area contributed by atoms with Crippen LogP contribution in [-0.4, -0.2) is 48.9 Å². The van der Waals surface area contributed by atoms with Gasteiger partial charge in [-0.3, -0.25) is 4.79 Å². The van der Waals surface area contributed by atoms with Gasteiger partial charge in [0.05, 0.1) is 28.7 Å². The Balaban J connectivity index is 1.72. The molecule has 0 radical (unpaired) electrons. The summed E-state index contributed by atoms with van der Waals surface area (Å²) in [5.74, 6) is -1.34. The van der Waals surface area contributed by atoms with E-state index in [0.717, 1.165) is 16.7 Å². The van der Waals surface area contributed by atoms with Crippen LogP contribution in [0.1, 0.15) is 11.1 Å². The number of carbonyl (C=O) groups is 1. The van der Waals surface area contributed by atoms with E-state index in [4.69, 9.17) is 4.74 Å². The summed E-state index contributed by atoms with van der Waals surface area (Å²) < 4.78 is 110. The zero-order valence-corrected chi connectivity index (χ0v) is 19.1. The Bertz CT molecular complexity index is 1230. The van der Waals surface area contributed by atoms with E-state index in [1.807, 2.05) is 0 Å². The normalized spacial score (nSPS) is 22.9. The molecule has 2 aromatic carbocycles. The maximum atomic E-state index is 13.4. The fourth-order valence-corrected chi connectivity index (χ4v) is 7.68. The number of ether oxygens (including phenoxy) is 1. The van der Waals surface area contributed by atoms with Gasteiger partial charge in [-0.25, -0.2) is 8.42 Å². The maximum Gasteiger partial charge on any atom is 0.416 e. The van der Waals surface area contributed by atoms with E-state index in [2.05, 4.69) is 4.99 Å². The van der Waals surface area contributed by atoms with E-state index in [9.17, 15) is 39.6 Å². The molecule has 0 spiro atoms. The number of fused-ring (bicyclic) bond motifs is 1. The zero-order chi connectivity index (χ0) is 25.6. The third-order valence-corrected chi connectivity index (χ3v) is 8.45. The van der Waals surface area contributed by atoms with Crippen LogP contribution in [0.25, 0.3) is 0 Å². The third kappa shape index (κ3) is 5.74. The smallest absolute Gasteiger partial charge is 0.416 e. The van der Waals surface area contributed by atoms with Crippen molar-refractivity contribution in [1.29, 1.82) is 0 Å². The number of thioether (sulfide) groups is 1. The second-order valence-electron chi connectivity index (χ2n) is 7.82. The molecule has 2 aliphatic rings. The number of aliphatic imine (C=N–C) groups is 1. The Morgan fingerprint density at radius 2 is 1.60 bits per heavy atom. The Morgan fingerprint density at radius 1 is 1.00 bits per heavy atom. The molecule has 0 aromatic heterocycles. The van der Waals surface area contributed by atoms with Crippen molar-refractivity contribution in [3.05, 3.63) is 59.7 Å². The van der Waals surface area contributed by atoms with Crippen LogP contribution in [0.3, 0.4) is 0 Å². The van der Waals surface area contributed by atoms with Crippen LogP contribution < -0.4 is 9.64 Å². The standard InChI is InChI=1S/C21H16F6N2O4S2/c22-20(23,24)12-6-13(21(25,26)27)8-14(7-12)29-16-10-35(31,32)11-17(16)34-19(29)28-18(30)9-33-15-4-2-1-3-5-15/h1-8,16-17H,9-11H2. The number of halogens is 6. The molecule has 188 valence electrons. The molecule has 0 aliphatic carbocycles. The van der Waals surface area contributed by atoms with Crippen LogP contribution >= 0.6 is 11.8 Å². The lowest BCUT2D eigenvalue weighted by molar-refractivity contribution is -0.143. The second kappa shape index (κ2) is 9.04. The number of hydrogen-bond acceptors (Lipinski definition) is 5. The molecule has 2 aromatic rings. The lowest BCUT2D eigenvalue weighted by atomic mass is 10.1. The first-order valence-corrected chi connectivity index (χ1v) is 12.7. The fourth-order valence-electron chi connectivity index (χ4n) is 3.74. The quantitative estimate of drug-likeness (QED) is 0.538. The predicted octanol–water partition coefficient (Wildman–Crippen LogP) is 4.40. The first kappa shape index (κ1) is 25.4. The van der Waals surface area contributed by atoms with Crippen molar-refractivity contribution in [2.45, 2.75) is 23.6 Å². The number of rotatable bonds is 4. The van der Waals surface area contributed by atoms with Crippen LogP contribution in [0.2, 0.25) is 0 Å². The van der Waals surface area contributed by atoms with Gasteiger partial charge in [0.25, 0.3) is 5.91 Å². The lowest BCUT2D eigenvalue weighted by Crippen LogP contribution is -2.38. The lowest BCUT2D eigenvalue weighted by Gasteiger charge is -2.26. The van der Waals surface area contributed by atoms with Crippen LogP contribution in [0, 0.1) is 0 Å². The number of amides is 1. The van der Waals surface area contributed by atoms with Gasteiger partial charge in [-0.1, -0.05) is 30.0 Å². The van der Waals surface area contributed by atoms with E-state index in [1.54, 1.807) is 30.3 Å². The molecule has 2 fully saturated rings. The van der Waals surface area contributed by atoms with Gasteiger partial charge in [-0.05, 0) is 30.3 Å². The van der Waals surface area contributed by atoms with Crippen molar-refractivity contribution in [3.63, 3.8) is 0 Å². The molecule has 2 saturated heterocycles. The molecule has 1 amide bonds. The van der Waals surface area contributed by atoms with Crippen LogP contribution in [0.4, 0.5) is 32.0 Å². The number of hydrogen-bond donors (Lipinski definition) is 0. The van der Waals surface area contributed by atoms with Crippen molar-refractivity contribution < 1.29 is 44.3 Å². The number of alkyl halides is 6. The van der Waals surface area contributed by atoms with Gasteiger partial charge in [0.15, 0.2) is 21.6 Å². The first-order chi connectivity index (χ1) is 16.2. The Labute approximate surface area is 199 Å². The summed E-state index contributed by atoms with van der Waals surface area (Å²) >= 11 is 0.821. The second-order valence-corrected chi connectivity index (χ2v) is 11.2. The maximum absolute atomic E-state index is 13.4. The highest BCUT2D eigenvalue weighted by Gasteiger charge is 2.50. The SMILES string of the molecule is O=C(COc1ccccc1)N=C1SC2CS(=O)(=O)CC2N1c1cc(C(F)(F)F)cc(C(F)(F)F)c1. The molecule has 0 N–H and O–H groups in total. The molecule has 0 bridgehead atoms.